The van der Waals surface area contributed by atoms with E-state index in [0.29, 0.717) is 29.7 Å². The Morgan fingerprint density at radius 1 is 1.21 bits per heavy atom. The van der Waals surface area contributed by atoms with Gasteiger partial charge in [-0.15, -0.1) is 11.3 Å². The Morgan fingerprint density at radius 2 is 2.10 bits per heavy atom. The zero-order valence-corrected chi connectivity index (χ0v) is 17.0. The van der Waals surface area contributed by atoms with E-state index in [4.69, 9.17) is 22.1 Å². The second-order valence-corrected chi connectivity index (χ2v) is 8.47. The van der Waals surface area contributed by atoms with Crippen LogP contribution in [0.3, 0.4) is 0 Å². The van der Waals surface area contributed by atoms with E-state index in [1.54, 1.807) is 17.4 Å². The number of anilines is 2. The van der Waals surface area contributed by atoms with Crippen molar-refractivity contribution in [3.63, 3.8) is 0 Å². The lowest BCUT2D eigenvalue weighted by Gasteiger charge is -2.24. The van der Waals surface area contributed by atoms with Gasteiger partial charge in [0, 0.05) is 22.9 Å². The van der Waals surface area contributed by atoms with Crippen LogP contribution >= 0.6 is 22.9 Å². The molecule has 3 aromatic heterocycles. The maximum atomic E-state index is 6.13. The molecule has 0 radical (unpaired) electrons. The minimum absolute atomic E-state index is 0.180. The van der Waals surface area contributed by atoms with Crippen LogP contribution in [0.2, 0.25) is 5.15 Å². The summed E-state index contributed by atoms with van der Waals surface area (Å²) in [6.07, 6.45) is 1.01. The molecule has 9 heteroatoms. The second kappa shape index (κ2) is 7.53. The van der Waals surface area contributed by atoms with Gasteiger partial charge >= 0.3 is 0 Å². The number of H-pyrrole nitrogens is 1. The molecule has 0 saturated heterocycles. The van der Waals surface area contributed by atoms with Crippen molar-refractivity contribution >= 4 is 45.7 Å². The number of hydrogen-bond donors (Lipinski definition) is 2. The van der Waals surface area contributed by atoms with Crippen molar-refractivity contribution < 1.29 is 4.74 Å². The van der Waals surface area contributed by atoms with Crippen LogP contribution in [-0.2, 0) is 6.54 Å². The molecule has 29 heavy (non-hydrogen) atoms. The summed E-state index contributed by atoms with van der Waals surface area (Å²) in [6, 6.07) is 14.7. The molecule has 3 N–H and O–H groups in total. The number of rotatable bonds is 7. The van der Waals surface area contributed by atoms with Crippen LogP contribution in [-0.4, -0.2) is 32.6 Å². The van der Waals surface area contributed by atoms with Crippen molar-refractivity contribution in [3.8, 4) is 6.01 Å². The third-order valence-corrected chi connectivity index (χ3v) is 6.04. The summed E-state index contributed by atoms with van der Waals surface area (Å²) in [5.74, 6) is 1.30. The van der Waals surface area contributed by atoms with Crippen LogP contribution in [0.5, 0.6) is 6.01 Å². The van der Waals surface area contributed by atoms with Crippen LogP contribution < -0.4 is 15.4 Å². The number of ether oxygens (including phenoxy) is 1. The fourth-order valence-electron chi connectivity index (χ4n) is 3.48. The molecule has 1 aliphatic rings. The SMILES string of the molecule is Nc1nc(Cl)cc(N(Cc2cccs2)C2CC2COc2nc3ccccc3[nH]2)n1. The fraction of sp³-hybridized carbons (Fsp3) is 0.250. The highest BCUT2D eigenvalue weighted by atomic mass is 35.5. The predicted octanol–water partition coefficient (Wildman–Crippen LogP) is 4.12. The fourth-order valence-corrected chi connectivity index (χ4v) is 4.37. The van der Waals surface area contributed by atoms with Crippen molar-refractivity contribution in [2.45, 2.75) is 19.0 Å². The number of halogens is 1. The first-order chi connectivity index (χ1) is 14.2. The molecule has 0 amide bonds. The lowest BCUT2D eigenvalue weighted by Crippen LogP contribution is -2.28. The summed E-state index contributed by atoms with van der Waals surface area (Å²) in [4.78, 5) is 19.6. The number of aromatic nitrogens is 4. The number of nitrogens with zero attached hydrogens (tertiary/aromatic N) is 4. The Morgan fingerprint density at radius 3 is 2.90 bits per heavy atom. The number of imidazole rings is 1. The molecule has 148 valence electrons. The molecule has 1 aromatic carbocycles. The van der Waals surface area contributed by atoms with E-state index in [2.05, 4.69) is 42.3 Å². The van der Waals surface area contributed by atoms with Gasteiger partial charge in [0.15, 0.2) is 0 Å². The molecule has 1 saturated carbocycles. The van der Waals surface area contributed by atoms with E-state index in [0.717, 1.165) is 29.8 Å². The number of benzene rings is 1. The lowest BCUT2D eigenvalue weighted by molar-refractivity contribution is 0.276. The number of nitrogens with two attached hydrogens (primary N) is 1. The Bertz CT molecular complexity index is 1080. The van der Waals surface area contributed by atoms with Gasteiger partial charge in [0.1, 0.15) is 11.0 Å². The average molecular weight is 427 g/mol. The van der Waals surface area contributed by atoms with Gasteiger partial charge in [0.05, 0.1) is 24.2 Å². The molecule has 2 atom stereocenters. The average Bonchev–Trinajstić information content (AvgIpc) is 3.10. The monoisotopic (exact) mass is 426 g/mol. The largest absolute Gasteiger partial charge is 0.464 e. The molecule has 7 nitrogen and oxygen atoms in total. The van der Waals surface area contributed by atoms with Crippen molar-refractivity contribution in [2.24, 2.45) is 5.92 Å². The first kappa shape index (κ1) is 18.2. The molecule has 0 bridgehead atoms. The van der Waals surface area contributed by atoms with E-state index < -0.39 is 0 Å². The Kier molecular flexibility index (Phi) is 4.73. The third kappa shape index (κ3) is 3.99. The van der Waals surface area contributed by atoms with Gasteiger partial charge in [-0.2, -0.15) is 9.97 Å². The van der Waals surface area contributed by atoms with E-state index in [-0.39, 0.29) is 5.95 Å². The molecular weight excluding hydrogens is 408 g/mol. The maximum absolute atomic E-state index is 6.13. The summed E-state index contributed by atoms with van der Waals surface area (Å²) in [6.45, 7) is 1.33. The zero-order valence-electron chi connectivity index (χ0n) is 15.5. The molecule has 1 fully saturated rings. The Balaban J connectivity index is 1.30. The van der Waals surface area contributed by atoms with Gasteiger partial charge in [0.2, 0.25) is 5.95 Å². The smallest absolute Gasteiger partial charge is 0.294 e. The molecule has 3 heterocycles. The molecule has 2 unspecified atom stereocenters. The van der Waals surface area contributed by atoms with Crippen molar-refractivity contribution in [1.29, 1.82) is 0 Å². The van der Waals surface area contributed by atoms with Crippen LogP contribution in [0.25, 0.3) is 11.0 Å². The van der Waals surface area contributed by atoms with Crippen molar-refractivity contribution in [2.75, 3.05) is 17.2 Å². The summed E-state index contributed by atoms with van der Waals surface area (Å²) in [7, 11) is 0. The number of nitrogen functional groups attached to an aromatic ring is 1. The summed E-state index contributed by atoms with van der Waals surface area (Å²) in [5.41, 5.74) is 7.71. The topological polar surface area (TPSA) is 93.0 Å². The van der Waals surface area contributed by atoms with Crippen LogP contribution in [0, 0.1) is 5.92 Å². The quantitative estimate of drug-likeness (QED) is 0.432. The highest BCUT2D eigenvalue weighted by Crippen LogP contribution is 2.40. The van der Waals surface area contributed by atoms with E-state index in [1.807, 2.05) is 24.3 Å². The van der Waals surface area contributed by atoms with Gasteiger partial charge in [-0.25, -0.2) is 4.98 Å². The standard InChI is InChI=1S/C20H19ClN6OS/c21-17-9-18(26-19(22)25-17)27(10-13-4-3-7-29-13)16-8-12(16)11-28-20-23-14-5-1-2-6-15(14)24-20/h1-7,9,12,16H,8,10-11H2,(H,23,24)(H2,22,25,26). The van der Waals surface area contributed by atoms with Crippen molar-refractivity contribution in [3.05, 3.63) is 57.9 Å². The Hall–Kier alpha value is -2.84. The first-order valence-corrected chi connectivity index (χ1v) is 10.6. The van der Waals surface area contributed by atoms with Gasteiger partial charge in [-0.05, 0) is 30.0 Å². The van der Waals surface area contributed by atoms with Crippen LogP contribution in [0.1, 0.15) is 11.3 Å². The molecule has 4 aromatic rings. The minimum atomic E-state index is 0.180. The highest BCUT2D eigenvalue weighted by molar-refractivity contribution is 7.09. The van der Waals surface area contributed by atoms with Gasteiger partial charge < -0.3 is 20.4 Å². The van der Waals surface area contributed by atoms with Gasteiger partial charge in [-0.3, -0.25) is 0 Å². The van der Waals surface area contributed by atoms with Crippen LogP contribution in [0.4, 0.5) is 11.8 Å². The molecular formula is C20H19ClN6OS. The third-order valence-electron chi connectivity index (χ3n) is 4.99. The van der Waals surface area contributed by atoms with Crippen molar-refractivity contribution in [1.82, 2.24) is 19.9 Å². The number of nitrogens with one attached hydrogen (secondary N) is 1. The van der Waals surface area contributed by atoms with E-state index in [9.17, 15) is 0 Å². The number of thiophene rings is 1. The number of aromatic amines is 1. The summed E-state index contributed by atoms with van der Waals surface area (Å²) in [5, 5.41) is 2.42. The van der Waals surface area contributed by atoms with Gasteiger partial charge in [-0.1, -0.05) is 29.8 Å². The lowest BCUT2D eigenvalue weighted by atomic mass is 10.3. The minimum Gasteiger partial charge on any atom is -0.464 e. The number of fused-ring (bicyclic) bond motifs is 1. The molecule has 0 spiro atoms. The predicted molar refractivity (Wildman–Crippen MR) is 115 cm³/mol. The summed E-state index contributed by atoms with van der Waals surface area (Å²) >= 11 is 7.84. The second-order valence-electron chi connectivity index (χ2n) is 7.05. The maximum Gasteiger partial charge on any atom is 0.294 e. The number of hydrogen-bond acceptors (Lipinski definition) is 7. The normalized spacial score (nSPS) is 18.1. The Labute approximate surface area is 176 Å². The highest BCUT2D eigenvalue weighted by Gasteiger charge is 2.43. The van der Waals surface area contributed by atoms with Gasteiger partial charge in [0.25, 0.3) is 6.01 Å². The van der Waals surface area contributed by atoms with Crippen LogP contribution in [0.15, 0.2) is 47.8 Å². The first-order valence-electron chi connectivity index (χ1n) is 9.32. The summed E-state index contributed by atoms with van der Waals surface area (Å²) < 4.78 is 5.94. The molecule has 1 aliphatic carbocycles. The molecule has 0 aliphatic heterocycles. The van der Waals surface area contributed by atoms with E-state index >= 15 is 0 Å². The van der Waals surface area contributed by atoms with E-state index in [1.165, 1.54) is 4.88 Å². The molecule has 5 rings (SSSR count). The zero-order chi connectivity index (χ0) is 19.8. The number of para-hydroxylation sites is 2.